The van der Waals surface area contributed by atoms with Crippen molar-refractivity contribution in [3.8, 4) is 22.6 Å². The molecule has 8 heteroatoms. The topological polar surface area (TPSA) is 70.7 Å². The molecule has 1 saturated carbocycles. The Hall–Kier alpha value is -3.78. The van der Waals surface area contributed by atoms with Crippen LogP contribution in [0, 0.1) is 17.7 Å². The van der Waals surface area contributed by atoms with Crippen molar-refractivity contribution in [1.82, 2.24) is 15.0 Å². The van der Waals surface area contributed by atoms with Crippen LogP contribution in [0.5, 0.6) is 11.5 Å². The lowest BCUT2D eigenvalue weighted by Crippen LogP contribution is -3.12. The molecule has 3 aromatic carbocycles. The minimum Gasteiger partial charge on any atom is -0.496 e. The normalized spacial score (nSPS) is 21.7. The fourth-order valence-electron chi connectivity index (χ4n) is 7.30. The molecule has 220 valence electrons. The van der Waals surface area contributed by atoms with Crippen molar-refractivity contribution in [3.05, 3.63) is 71.5 Å². The van der Waals surface area contributed by atoms with Gasteiger partial charge >= 0.3 is 0 Å². The number of carbonyl (C=O) groups is 1. The Balaban J connectivity index is 1.16. The number of Topliss-reactive ketones (excluding diaryl/α,β-unsaturated/α-hetero) is 1. The average Bonchev–Trinajstić information content (AvgIpc) is 3.70. The Morgan fingerprint density at radius 3 is 2.60 bits per heavy atom. The summed E-state index contributed by atoms with van der Waals surface area (Å²) in [5.41, 5.74) is 5.36. The number of benzene rings is 3. The molecule has 0 spiro atoms. The zero-order valence-corrected chi connectivity index (χ0v) is 24.9. The molecule has 2 heterocycles. The number of aromatic nitrogens is 3. The largest absolute Gasteiger partial charge is 0.496 e. The number of quaternary nitrogens is 1. The van der Waals surface area contributed by atoms with Crippen molar-refractivity contribution in [2.45, 2.75) is 65.1 Å². The highest BCUT2D eigenvalue weighted by Crippen LogP contribution is 2.41. The smallest absolute Gasteiger partial charge is 0.163 e. The lowest BCUT2D eigenvalue weighted by atomic mass is 9.87. The number of rotatable bonds is 10. The number of hydrogen-bond donors (Lipinski definition) is 1. The summed E-state index contributed by atoms with van der Waals surface area (Å²) in [4.78, 5) is 14.9. The summed E-state index contributed by atoms with van der Waals surface area (Å²) < 4.78 is 27.4. The number of fused-ring (bicyclic) bond motifs is 2. The molecule has 1 saturated heterocycles. The molecule has 4 aromatic rings. The fourth-order valence-corrected chi connectivity index (χ4v) is 7.30. The van der Waals surface area contributed by atoms with Crippen LogP contribution >= 0.6 is 0 Å². The molecule has 6 rings (SSSR count). The van der Waals surface area contributed by atoms with Gasteiger partial charge in [-0.2, -0.15) is 0 Å². The first kappa shape index (κ1) is 28.3. The van der Waals surface area contributed by atoms with Crippen LogP contribution in [0.4, 0.5) is 4.39 Å². The van der Waals surface area contributed by atoms with Crippen molar-refractivity contribution in [2.24, 2.45) is 11.8 Å². The number of halogens is 1. The summed E-state index contributed by atoms with van der Waals surface area (Å²) in [5.74, 6) is 2.40. The molecule has 1 aliphatic carbocycles. The van der Waals surface area contributed by atoms with Crippen LogP contribution in [-0.4, -0.2) is 47.1 Å². The minimum absolute atomic E-state index is 0.206. The molecule has 1 aromatic heterocycles. The van der Waals surface area contributed by atoms with E-state index in [2.05, 4.69) is 36.3 Å². The van der Waals surface area contributed by atoms with Crippen LogP contribution in [0.25, 0.3) is 22.2 Å². The van der Waals surface area contributed by atoms with E-state index in [1.165, 1.54) is 17.7 Å². The third kappa shape index (κ3) is 5.40. The summed E-state index contributed by atoms with van der Waals surface area (Å²) in [6.07, 6.45) is 3.96. The molecule has 2 unspecified atom stereocenters. The molecular formula is C34H40FN4O3+. The van der Waals surface area contributed by atoms with Crippen molar-refractivity contribution < 1.29 is 23.6 Å². The quantitative estimate of drug-likeness (QED) is 0.248. The second kappa shape index (κ2) is 11.8. The van der Waals surface area contributed by atoms with Crippen LogP contribution in [0.15, 0.2) is 54.6 Å². The van der Waals surface area contributed by atoms with E-state index in [1.807, 2.05) is 29.8 Å². The van der Waals surface area contributed by atoms with Gasteiger partial charge in [0.15, 0.2) is 5.78 Å². The number of nitrogens with zero attached hydrogens (tertiary/aromatic N) is 3. The first-order valence-electron chi connectivity index (χ1n) is 15.2. The van der Waals surface area contributed by atoms with E-state index in [0.29, 0.717) is 30.9 Å². The lowest BCUT2D eigenvalue weighted by molar-refractivity contribution is -0.927. The average molecular weight is 572 g/mol. The lowest BCUT2D eigenvalue weighted by Gasteiger charge is -2.23. The van der Waals surface area contributed by atoms with Crippen LogP contribution in [0.3, 0.4) is 0 Å². The molecular weight excluding hydrogens is 531 g/mol. The van der Waals surface area contributed by atoms with Gasteiger partial charge in [-0.1, -0.05) is 17.3 Å². The van der Waals surface area contributed by atoms with E-state index >= 15 is 0 Å². The third-order valence-corrected chi connectivity index (χ3v) is 9.23. The van der Waals surface area contributed by atoms with E-state index in [-0.39, 0.29) is 17.6 Å². The molecule has 1 aliphatic heterocycles. The van der Waals surface area contributed by atoms with E-state index in [1.54, 1.807) is 24.1 Å². The van der Waals surface area contributed by atoms with Crippen molar-refractivity contribution in [2.75, 3.05) is 20.3 Å². The number of ether oxygens (including phenoxy) is 2. The number of hydrogen-bond acceptors (Lipinski definition) is 5. The minimum atomic E-state index is -0.271. The van der Waals surface area contributed by atoms with Gasteiger partial charge in [0.1, 0.15) is 29.4 Å². The summed E-state index contributed by atoms with van der Waals surface area (Å²) >= 11 is 0. The van der Waals surface area contributed by atoms with Crippen LogP contribution in [-0.2, 0) is 6.54 Å². The first-order valence-corrected chi connectivity index (χ1v) is 15.2. The van der Waals surface area contributed by atoms with Crippen molar-refractivity contribution >= 4 is 16.8 Å². The summed E-state index contributed by atoms with van der Waals surface area (Å²) in [6.45, 7) is 8.63. The molecule has 1 N–H and O–H groups in total. The molecule has 0 radical (unpaired) electrons. The molecule has 42 heavy (non-hydrogen) atoms. The van der Waals surface area contributed by atoms with Crippen molar-refractivity contribution in [1.29, 1.82) is 0 Å². The Labute approximate surface area is 246 Å². The highest BCUT2D eigenvalue weighted by molar-refractivity contribution is 5.99. The van der Waals surface area contributed by atoms with Gasteiger partial charge in [-0.3, -0.25) is 4.79 Å². The van der Waals surface area contributed by atoms with Gasteiger partial charge in [-0.15, -0.1) is 5.10 Å². The number of likely N-dealkylation sites (tertiary alicyclic amines) is 1. The third-order valence-electron chi connectivity index (χ3n) is 9.23. The SMILES string of the molecule is CCOc1cc(C[NH+]2CC[C@H]3C(CC(=O)c4ccc5c(c4)nnn5C(C)C)CC[C@H]32)cc(OC)c1-c1ccc(F)cc1. The van der Waals surface area contributed by atoms with Crippen LogP contribution < -0.4 is 14.4 Å². The molecule has 0 bridgehead atoms. The van der Waals surface area contributed by atoms with Gasteiger partial charge in [0.25, 0.3) is 0 Å². The van der Waals surface area contributed by atoms with E-state index in [4.69, 9.17) is 9.47 Å². The van der Waals surface area contributed by atoms with Crippen molar-refractivity contribution in [3.63, 3.8) is 0 Å². The standard InChI is InChI=1S/C34H39FN4O3/c1-5-42-33-17-22(16-32(41-4)34(33)23-6-10-26(35)11-7-23)20-38-15-14-27-24(8-12-29(27)38)19-31(40)25-9-13-30-28(18-25)36-37-39(30)21(2)3/h6-7,9-11,13,16-18,21,24,27,29H,5,8,12,14-15,19-20H2,1-4H3/p+1/t24?,27-,29+/m0/s1. The summed E-state index contributed by atoms with van der Waals surface area (Å²) in [6, 6.07) is 17.3. The predicted molar refractivity (Wildman–Crippen MR) is 161 cm³/mol. The summed E-state index contributed by atoms with van der Waals surface area (Å²) in [7, 11) is 1.67. The van der Waals surface area contributed by atoms with Gasteiger partial charge in [0.05, 0.1) is 37.4 Å². The van der Waals surface area contributed by atoms with Gasteiger partial charge in [0.2, 0.25) is 0 Å². The molecule has 0 amide bonds. The Morgan fingerprint density at radius 2 is 1.86 bits per heavy atom. The first-order chi connectivity index (χ1) is 20.4. The fraction of sp³-hybridized carbons (Fsp3) is 0.441. The number of carbonyl (C=O) groups excluding carboxylic acids is 1. The van der Waals surface area contributed by atoms with Gasteiger partial charge in [-0.25, -0.2) is 9.07 Å². The van der Waals surface area contributed by atoms with Gasteiger partial charge < -0.3 is 14.4 Å². The van der Waals surface area contributed by atoms with E-state index < -0.39 is 0 Å². The monoisotopic (exact) mass is 571 g/mol. The maximum absolute atomic E-state index is 13.6. The van der Waals surface area contributed by atoms with E-state index in [9.17, 15) is 9.18 Å². The zero-order chi connectivity index (χ0) is 29.4. The Bertz CT molecular complexity index is 1580. The zero-order valence-electron chi connectivity index (χ0n) is 24.9. The second-order valence-electron chi connectivity index (χ2n) is 12.1. The van der Waals surface area contributed by atoms with Crippen LogP contribution in [0.2, 0.25) is 0 Å². The number of nitrogens with one attached hydrogen (secondary N) is 1. The van der Waals surface area contributed by atoms with E-state index in [0.717, 1.165) is 71.6 Å². The Morgan fingerprint density at radius 1 is 1.07 bits per heavy atom. The van der Waals surface area contributed by atoms with Crippen LogP contribution in [0.1, 0.15) is 68.4 Å². The molecule has 2 aliphatic rings. The van der Waals surface area contributed by atoms with Gasteiger partial charge in [-0.05, 0) is 87.6 Å². The number of ketones is 1. The van der Waals surface area contributed by atoms with Gasteiger partial charge in [0, 0.05) is 35.9 Å². The molecule has 7 nitrogen and oxygen atoms in total. The molecule has 4 atom stereocenters. The predicted octanol–water partition coefficient (Wildman–Crippen LogP) is 5.68. The molecule has 2 fully saturated rings. The second-order valence-corrected chi connectivity index (χ2v) is 12.1. The Kier molecular flexibility index (Phi) is 7.99. The maximum Gasteiger partial charge on any atom is 0.163 e. The maximum atomic E-state index is 13.6. The number of methoxy groups -OCH3 is 1. The highest BCUT2D eigenvalue weighted by Gasteiger charge is 2.47. The summed E-state index contributed by atoms with van der Waals surface area (Å²) in [5, 5.41) is 8.56. The highest BCUT2D eigenvalue weighted by atomic mass is 19.1.